The molecule has 0 aliphatic carbocycles. The zero-order valence-electron chi connectivity index (χ0n) is 31.4. The maximum atomic E-state index is 10.8. The molecule has 0 saturated carbocycles. The van der Waals surface area contributed by atoms with E-state index in [0.29, 0.717) is 0 Å². The SMILES string of the molecule is NC(CC(=O)O)C(=O)O.NC(CC(=O)O)C(=O)O.NC(CC(=O)O)C(=O)O.NC1CC(=O)OCCOC1=O.NC1CC(=O)OCCOC1=O.NC1CC(=O)OCCOC1=O.[NaH].[NaH].[NaH]. The van der Waals surface area contributed by atoms with Gasteiger partial charge in [0.2, 0.25) is 0 Å². The van der Waals surface area contributed by atoms with Crippen LogP contribution in [0, 0.1) is 0 Å². The van der Waals surface area contributed by atoms with Crippen molar-refractivity contribution in [3.63, 3.8) is 0 Å². The van der Waals surface area contributed by atoms with E-state index < -0.39 is 127 Å². The fraction of sp³-hybridized carbons (Fsp3) is 0.600. The predicted molar refractivity (Wildman–Crippen MR) is 209 cm³/mol. The molecule has 348 valence electrons. The van der Waals surface area contributed by atoms with Crippen LogP contribution < -0.4 is 34.4 Å². The molecule has 30 nitrogen and oxygen atoms in total. The molecule has 0 aromatic carbocycles. The van der Waals surface area contributed by atoms with Crippen molar-refractivity contribution in [2.45, 2.75) is 74.8 Å². The Morgan fingerprint density at radius 2 is 0.587 bits per heavy atom. The third-order valence-electron chi connectivity index (χ3n) is 5.98. The molecule has 3 saturated heterocycles. The fourth-order valence-electron chi connectivity index (χ4n) is 3.01. The summed E-state index contributed by atoms with van der Waals surface area (Å²) in [5.74, 6) is -10.5. The van der Waals surface area contributed by atoms with Gasteiger partial charge >= 0.3 is 160 Å². The van der Waals surface area contributed by atoms with Gasteiger partial charge in [-0.1, -0.05) is 0 Å². The van der Waals surface area contributed by atoms with Gasteiger partial charge in [-0.25, -0.2) is 0 Å². The molecule has 6 unspecified atom stereocenters. The van der Waals surface area contributed by atoms with E-state index in [1.807, 2.05) is 0 Å². The van der Waals surface area contributed by atoms with E-state index in [1.54, 1.807) is 0 Å². The minimum absolute atomic E-state index is 0. The molecule has 18 N–H and O–H groups in total. The number of carbonyl (C=O) groups excluding carboxylic acids is 6. The molecule has 0 aromatic rings. The summed E-state index contributed by atoms with van der Waals surface area (Å²) in [6.45, 7) is 0.653. The van der Waals surface area contributed by atoms with Crippen molar-refractivity contribution in [3.05, 3.63) is 0 Å². The Hall–Kier alpha value is -3.60. The van der Waals surface area contributed by atoms with Crippen LogP contribution in [0.5, 0.6) is 0 Å². The van der Waals surface area contributed by atoms with Gasteiger partial charge in [-0.05, 0) is 0 Å². The number of ether oxygens (including phenoxy) is 6. The van der Waals surface area contributed by atoms with Crippen LogP contribution >= 0.6 is 0 Å². The zero-order chi connectivity index (χ0) is 47.1. The number of carboxylic acids is 6. The number of hydrogen-bond donors (Lipinski definition) is 12. The van der Waals surface area contributed by atoms with Crippen LogP contribution in [0.15, 0.2) is 0 Å². The molecule has 33 heteroatoms. The molecule has 0 radical (unpaired) electrons. The third-order valence-corrected chi connectivity index (χ3v) is 5.98. The summed E-state index contributed by atoms with van der Waals surface area (Å²) in [6.07, 6.45) is -1.89. The van der Waals surface area contributed by atoms with Crippen molar-refractivity contribution in [2.75, 3.05) is 39.6 Å². The number of aliphatic carboxylic acids is 6. The van der Waals surface area contributed by atoms with Gasteiger partial charge in [0.15, 0.2) is 0 Å². The average Bonchev–Trinajstić information content (AvgIpc) is 3.12. The van der Waals surface area contributed by atoms with Crippen LogP contribution in [0.25, 0.3) is 0 Å². The van der Waals surface area contributed by atoms with E-state index in [0.717, 1.165) is 0 Å². The van der Waals surface area contributed by atoms with Gasteiger partial charge in [-0.3, -0.25) is 57.5 Å². The van der Waals surface area contributed by atoms with Crippen molar-refractivity contribution < 1.29 is 117 Å². The Morgan fingerprint density at radius 1 is 0.413 bits per heavy atom. The van der Waals surface area contributed by atoms with Gasteiger partial charge in [-0.15, -0.1) is 0 Å². The molecule has 3 fully saturated rings. The Bertz CT molecular complexity index is 1340. The standard InChI is InChI=1S/3C6H9NO4.3C4H7NO4.3Na.3H/c3*7-4-3-5(8)10-1-2-11-6(4)9;3*5-2(4(8)9)1-3(6)7;;;;;;/h3*4H,1-3,7H2;3*2H,1,5H2,(H,6,7)(H,8,9);;;;;;. The fourth-order valence-corrected chi connectivity index (χ4v) is 3.01. The second-order valence-corrected chi connectivity index (χ2v) is 11.2. The van der Waals surface area contributed by atoms with Crippen LogP contribution in [0.1, 0.15) is 38.5 Å². The number of carbonyl (C=O) groups is 12. The molecule has 63 heavy (non-hydrogen) atoms. The maximum absolute atomic E-state index is 10.8. The second-order valence-electron chi connectivity index (χ2n) is 11.2. The molecule has 3 heterocycles. The van der Waals surface area contributed by atoms with Crippen LogP contribution in [0.4, 0.5) is 0 Å². The molecule has 3 rings (SSSR count). The molecule has 0 amide bonds. The Balaban J connectivity index is -0.000000154. The first kappa shape index (κ1) is 71.0. The molecular formula is C30H51N6Na3O24. The number of hydrogen-bond acceptors (Lipinski definition) is 24. The Labute approximate surface area is 422 Å². The zero-order valence-corrected chi connectivity index (χ0v) is 31.4. The van der Waals surface area contributed by atoms with Gasteiger partial charge in [0.1, 0.15) is 75.9 Å². The quantitative estimate of drug-likeness (QED) is 0.0580. The second kappa shape index (κ2) is 41.1. The van der Waals surface area contributed by atoms with Gasteiger partial charge in [-0.2, -0.15) is 0 Å². The first-order chi connectivity index (χ1) is 27.7. The number of carboxylic acid groups (broad SMARTS) is 6. The van der Waals surface area contributed by atoms with Crippen LogP contribution in [0.2, 0.25) is 0 Å². The van der Waals surface area contributed by atoms with Gasteiger partial charge in [0.25, 0.3) is 0 Å². The van der Waals surface area contributed by atoms with E-state index in [1.165, 1.54) is 0 Å². The Morgan fingerprint density at radius 3 is 0.730 bits per heavy atom. The van der Waals surface area contributed by atoms with Crippen molar-refractivity contribution in [2.24, 2.45) is 34.4 Å². The summed E-state index contributed by atoms with van der Waals surface area (Å²) < 4.78 is 27.6. The molecule has 6 atom stereocenters. The summed E-state index contributed by atoms with van der Waals surface area (Å²) in [4.78, 5) is 123. The molecule has 0 spiro atoms. The topological polar surface area (TPSA) is 538 Å². The summed E-state index contributed by atoms with van der Waals surface area (Å²) in [5, 5.41) is 48.1. The van der Waals surface area contributed by atoms with Gasteiger partial charge in [0.05, 0.1) is 38.5 Å². The Kier molecular flexibility index (Phi) is 46.4. The summed E-state index contributed by atoms with van der Waals surface area (Å²) in [6, 6.07) is -6.49. The van der Waals surface area contributed by atoms with Crippen LogP contribution in [-0.4, -0.2) is 267 Å². The van der Waals surface area contributed by atoms with E-state index in [-0.39, 0.29) is 148 Å². The third kappa shape index (κ3) is 43.4. The minimum atomic E-state index is -1.29. The monoisotopic (exact) mass is 948 g/mol. The van der Waals surface area contributed by atoms with E-state index >= 15 is 0 Å². The molecular weight excluding hydrogens is 897 g/mol. The number of nitrogens with two attached hydrogens (primary N) is 6. The summed E-state index contributed by atoms with van der Waals surface area (Å²) in [5.41, 5.74) is 30.3. The first-order valence-electron chi connectivity index (χ1n) is 16.6. The molecule has 3 aliphatic rings. The van der Waals surface area contributed by atoms with Crippen molar-refractivity contribution in [1.29, 1.82) is 0 Å². The molecule has 0 aromatic heterocycles. The van der Waals surface area contributed by atoms with Crippen LogP contribution in [-0.2, 0) is 86.0 Å². The molecule has 3 aliphatic heterocycles. The van der Waals surface area contributed by atoms with E-state index in [9.17, 15) is 57.5 Å². The summed E-state index contributed by atoms with van der Waals surface area (Å²) in [7, 11) is 0. The first-order valence-corrected chi connectivity index (χ1v) is 16.6. The summed E-state index contributed by atoms with van der Waals surface area (Å²) >= 11 is 0. The van der Waals surface area contributed by atoms with Gasteiger partial charge in [0, 0.05) is 0 Å². The number of rotatable bonds is 9. The number of esters is 6. The predicted octanol–water partition coefficient (Wildman–Crippen LogP) is -8.92. The van der Waals surface area contributed by atoms with E-state index in [4.69, 9.17) is 65.0 Å². The van der Waals surface area contributed by atoms with Crippen LogP contribution in [0.3, 0.4) is 0 Å². The van der Waals surface area contributed by atoms with Crippen molar-refractivity contribution >= 4 is 160 Å². The van der Waals surface area contributed by atoms with Crippen molar-refractivity contribution in [1.82, 2.24) is 0 Å². The number of cyclic esters (lactones) is 6. The van der Waals surface area contributed by atoms with Gasteiger partial charge < -0.3 is 93.5 Å². The van der Waals surface area contributed by atoms with Crippen molar-refractivity contribution in [3.8, 4) is 0 Å². The molecule has 0 bridgehead atoms. The average molecular weight is 949 g/mol. The van der Waals surface area contributed by atoms with E-state index in [2.05, 4.69) is 28.4 Å². The normalized spacial score (nSPS) is 19.2.